The molecule has 0 radical (unpaired) electrons. The molecule has 1 unspecified atom stereocenters. The van der Waals surface area contributed by atoms with Gasteiger partial charge in [0, 0.05) is 0 Å². The predicted octanol–water partition coefficient (Wildman–Crippen LogP) is -3.43. The number of imide groups is 1. The van der Waals surface area contributed by atoms with Gasteiger partial charge in [0.15, 0.2) is 6.04 Å². The molecule has 2 saturated heterocycles. The number of urea groups is 3. The van der Waals surface area contributed by atoms with Gasteiger partial charge >= 0.3 is 18.1 Å². The molecule has 0 aromatic heterocycles. The Bertz CT molecular complexity index is 423. The number of hydrogen-bond acceptors (Lipinski definition) is 5. The number of carbonyl (C=O) groups is 4. The Hall–Kier alpha value is -2.56. The second-order valence-electron chi connectivity index (χ2n) is 3.71. The van der Waals surface area contributed by atoms with Crippen LogP contribution in [0.3, 0.4) is 0 Å². The molecule has 11 heteroatoms. The van der Waals surface area contributed by atoms with Crippen molar-refractivity contribution < 1.29 is 24.3 Å². The lowest BCUT2D eigenvalue weighted by molar-refractivity contribution is -0.129. The zero-order chi connectivity index (χ0) is 13.7. The zero-order valence-electron chi connectivity index (χ0n) is 8.91. The molecule has 0 saturated carbocycles. The first-order chi connectivity index (χ1) is 8.35. The molecule has 2 rings (SSSR count). The van der Waals surface area contributed by atoms with Crippen LogP contribution in [0.1, 0.15) is 0 Å². The average molecular weight is 258 g/mol. The number of carbonyl (C=O) groups excluding carboxylic acids is 4. The van der Waals surface area contributed by atoms with Gasteiger partial charge in [-0.3, -0.25) is 20.3 Å². The number of nitrogens with two attached hydrogens (primary N) is 2. The third-order valence-corrected chi connectivity index (χ3v) is 2.67. The summed E-state index contributed by atoms with van der Waals surface area (Å²) in [6.45, 7) is -0.798. The van der Waals surface area contributed by atoms with Crippen molar-refractivity contribution in [2.75, 3.05) is 6.73 Å². The van der Waals surface area contributed by atoms with Gasteiger partial charge in [0.1, 0.15) is 6.73 Å². The molecule has 0 aliphatic carbocycles. The highest BCUT2D eigenvalue weighted by atomic mass is 16.3. The van der Waals surface area contributed by atoms with Crippen LogP contribution in [0.5, 0.6) is 0 Å². The second kappa shape index (κ2) is 3.46. The Balaban J connectivity index is 2.28. The van der Waals surface area contributed by atoms with E-state index in [9.17, 15) is 19.2 Å². The number of amides is 7. The molecule has 98 valence electrons. The lowest BCUT2D eigenvalue weighted by Gasteiger charge is -2.23. The maximum Gasteiger partial charge on any atom is 0.332 e. The van der Waals surface area contributed by atoms with E-state index in [1.165, 1.54) is 0 Å². The summed E-state index contributed by atoms with van der Waals surface area (Å²) in [4.78, 5) is 46.4. The van der Waals surface area contributed by atoms with E-state index in [4.69, 9.17) is 16.6 Å². The van der Waals surface area contributed by atoms with E-state index in [0.717, 1.165) is 4.90 Å². The van der Waals surface area contributed by atoms with E-state index in [0.29, 0.717) is 4.90 Å². The number of primary amides is 2. The zero-order valence-corrected chi connectivity index (χ0v) is 8.91. The maximum absolute atomic E-state index is 11.7. The maximum atomic E-state index is 11.7. The first-order valence-electron chi connectivity index (χ1n) is 4.76. The molecule has 11 nitrogen and oxygen atoms in total. The third kappa shape index (κ3) is 1.34. The Morgan fingerprint density at radius 3 is 2.06 bits per heavy atom. The lowest BCUT2D eigenvalue weighted by Crippen LogP contribution is -2.62. The fourth-order valence-corrected chi connectivity index (χ4v) is 2.01. The number of fused-ring (bicyclic) bond motifs is 1. The fourth-order valence-electron chi connectivity index (χ4n) is 2.01. The molecule has 7 amide bonds. The summed E-state index contributed by atoms with van der Waals surface area (Å²) in [5, 5.41) is 13.0. The molecule has 0 aromatic rings. The second-order valence-corrected chi connectivity index (χ2v) is 3.71. The summed E-state index contributed by atoms with van der Waals surface area (Å²) in [7, 11) is 0. The van der Waals surface area contributed by atoms with Crippen LogP contribution in [-0.4, -0.2) is 57.5 Å². The third-order valence-electron chi connectivity index (χ3n) is 2.67. The summed E-state index contributed by atoms with van der Waals surface area (Å²) in [6, 6.07) is -4.12. The van der Waals surface area contributed by atoms with Gasteiger partial charge in [0.05, 0.1) is 0 Å². The van der Waals surface area contributed by atoms with Crippen molar-refractivity contribution in [1.82, 2.24) is 20.4 Å². The quantitative estimate of drug-likeness (QED) is 0.201. The van der Waals surface area contributed by atoms with E-state index in [1.807, 2.05) is 0 Å². The van der Waals surface area contributed by atoms with Crippen LogP contribution >= 0.6 is 0 Å². The summed E-state index contributed by atoms with van der Waals surface area (Å²) >= 11 is 0. The van der Waals surface area contributed by atoms with Crippen molar-refractivity contribution in [3.8, 4) is 0 Å². The molecular weight excluding hydrogens is 248 g/mol. The molecule has 18 heavy (non-hydrogen) atoms. The van der Waals surface area contributed by atoms with Gasteiger partial charge in [-0.15, -0.1) is 0 Å². The molecule has 2 aliphatic rings. The number of nitrogens with zero attached hydrogens (tertiary/aromatic N) is 2. The first kappa shape index (κ1) is 11.9. The Kier molecular flexibility index (Phi) is 2.29. The minimum Gasteiger partial charge on any atom is -0.376 e. The number of rotatable bonds is 3. The minimum atomic E-state index is -1.74. The van der Waals surface area contributed by atoms with Crippen molar-refractivity contribution in [1.29, 1.82) is 0 Å². The van der Waals surface area contributed by atoms with Crippen LogP contribution in [0.15, 0.2) is 0 Å². The van der Waals surface area contributed by atoms with Gasteiger partial charge < -0.3 is 16.6 Å². The molecule has 0 spiro atoms. The van der Waals surface area contributed by atoms with Crippen LogP contribution in [0, 0.1) is 0 Å². The van der Waals surface area contributed by atoms with E-state index < -0.39 is 42.6 Å². The van der Waals surface area contributed by atoms with Crippen LogP contribution in [-0.2, 0) is 4.79 Å². The molecule has 2 heterocycles. The predicted molar refractivity (Wildman–Crippen MR) is 53.1 cm³/mol. The number of hydrogen-bond donors (Lipinski definition) is 5. The Labute approximate surface area is 99.7 Å². The number of aliphatic hydroxyl groups excluding tert-OH is 1. The molecule has 0 aromatic carbocycles. The van der Waals surface area contributed by atoms with Gasteiger partial charge in [0.2, 0.25) is 5.79 Å². The fraction of sp³-hybridized carbons (Fsp3) is 0.429. The van der Waals surface area contributed by atoms with Crippen molar-refractivity contribution >= 4 is 24.0 Å². The molecule has 2 aliphatic heterocycles. The van der Waals surface area contributed by atoms with Gasteiger partial charge in [-0.1, -0.05) is 0 Å². The van der Waals surface area contributed by atoms with Crippen molar-refractivity contribution in [2.24, 2.45) is 11.5 Å². The Morgan fingerprint density at radius 2 is 1.78 bits per heavy atom. The molecule has 1 atom stereocenters. The molecule has 0 bridgehead atoms. The Morgan fingerprint density at radius 1 is 1.28 bits per heavy atom. The van der Waals surface area contributed by atoms with Crippen molar-refractivity contribution in [2.45, 2.75) is 11.8 Å². The summed E-state index contributed by atoms with van der Waals surface area (Å²) < 4.78 is 0. The van der Waals surface area contributed by atoms with E-state index in [-0.39, 0.29) is 0 Å². The monoisotopic (exact) mass is 258 g/mol. The van der Waals surface area contributed by atoms with E-state index in [1.54, 1.807) is 0 Å². The highest BCUT2D eigenvalue weighted by Gasteiger charge is 2.77. The summed E-state index contributed by atoms with van der Waals surface area (Å²) in [6.07, 6.45) is 0. The average Bonchev–Trinajstić information content (AvgIpc) is 2.73. The SMILES string of the molecule is NC(=O)NC1(NC(N)=O)C2C(=O)N(CO)C(=O)N21. The molecule has 2 fully saturated rings. The summed E-state index contributed by atoms with van der Waals surface area (Å²) in [5.74, 6) is -2.51. The summed E-state index contributed by atoms with van der Waals surface area (Å²) in [5.41, 5.74) is 9.80. The highest BCUT2D eigenvalue weighted by Crippen LogP contribution is 2.43. The van der Waals surface area contributed by atoms with Gasteiger partial charge in [-0.25, -0.2) is 19.3 Å². The minimum absolute atomic E-state index is 0.550. The van der Waals surface area contributed by atoms with Crippen molar-refractivity contribution in [3.05, 3.63) is 0 Å². The first-order valence-corrected chi connectivity index (χ1v) is 4.76. The highest BCUT2D eigenvalue weighted by molar-refractivity contribution is 6.11. The van der Waals surface area contributed by atoms with Crippen LogP contribution < -0.4 is 22.1 Å². The van der Waals surface area contributed by atoms with Gasteiger partial charge in [-0.2, -0.15) is 0 Å². The van der Waals surface area contributed by atoms with E-state index >= 15 is 0 Å². The van der Waals surface area contributed by atoms with Crippen LogP contribution in [0.25, 0.3) is 0 Å². The van der Waals surface area contributed by atoms with Crippen LogP contribution in [0.4, 0.5) is 14.4 Å². The van der Waals surface area contributed by atoms with Crippen molar-refractivity contribution in [3.63, 3.8) is 0 Å². The van der Waals surface area contributed by atoms with Gasteiger partial charge in [-0.05, 0) is 0 Å². The number of aliphatic hydroxyl groups is 1. The lowest BCUT2D eigenvalue weighted by atomic mass is 10.3. The number of nitrogens with one attached hydrogen (secondary N) is 2. The molecular formula is C7H10N6O5. The molecule has 7 N–H and O–H groups in total. The van der Waals surface area contributed by atoms with Gasteiger partial charge in [0.25, 0.3) is 5.91 Å². The largest absolute Gasteiger partial charge is 0.376 e. The van der Waals surface area contributed by atoms with E-state index in [2.05, 4.69) is 10.6 Å². The topological polar surface area (TPSA) is 171 Å². The van der Waals surface area contributed by atoms with Crippen LogP contribution in [0.2, 0.25) is 0 Å². The standard InChI is InChI=1S/C7H10N6O5/c8-4(16)10-7(11-5(9)17)2-3(15)12(1-14)6(18)13(2)7/h2,14H,1H2,(H3,8,10,16)(H3,9,11,17). The normalized spacial score (nSPS) is 23.7. The smallest absolute Gasteiger partial charge is 0.332 e.